The fourth-order valence-corrected chi connectivity index (χ4v) is 5.35. The zero-order valence-electron chi connectivity index (χ0n) is 31.4. The van der Waals surface area contributed by atoms with Gasteiger partial charge in [-0.15, -0.1) is 0 Å². The Kier molecular flexibility index (Phi) is 33.3. The maximum absolute atomic E-state index is 12.7. The number of hydrogen-bond donors (Lipinski definition) is 4. The average molecular weight is 703 g/mol. The van der Waals surface area contributed by atoms with E-state index < -0.39 is 24.5 Å². The second kappa shape index (κ2) is 35.6. The van der Waals surface area contributed by atoms with Crippen molar-refractivity contribution in [3.8, 4) is 0 Å². The Morgan fingerprint density at radius 3 is 1.70 bits per heavy atom. The minimum atomic E-state index is -1.38. The van der Waals surface area contributed by atoms with Crippen molar-refractivity contribution in [2.24, 2.45) is 0 Å². The van der Waals surface area contributed by atoms with Crippen LogP contribution in [0.15, 0.2) is 48.6 Å². The first-order chi connectivity index (χ1) is 24.3. The highest BCUT2D eigenvalue weighted by atomic mass is 16.5. The molecule has 50 heavy (non-hydrogen) atoms. The number of esters is 1. The molecule has 0 aromatic heterocycles. The second-order valence-corrected chi connectivity index (χ2v) is 13.0. The van der Waals surface area contributed by atoms with Gasteiger partial charge in [-0.25, -0.2) is 4.79 Å². The van der Waals surface area contributed by atoms with E-state index in [1.807, 2.05) is 0 Å². The van der Waals surface area contributed by atoms with Crippen LogP contribution in [-0.2, 0) is 23.9 Å². The molecule has 0 aromatic rings. The SMILES string of the molecule is CC/C=C\C/C=C\C/C=C\C/C=C\CCCCC(=O)OC(CCCCCCCCC)CCCCCCCC(=O)NCC(=O)NC(CO)C(=O)O. The molecule has 0 saturated carbocycles. The molecule has 0 heterocycles. The molecule has 2 unspecified atom stereocenters. The highest BCUT2D eigenvalue weighted by Crippen LogP contribution is 2.18. The Bertz CT molecular complexity index is 989. The summed E-state index contributed by atoms with van der Waals surface area (Å²) < 4.78 is 5.96. The fraction of sp³-hybridized carbons (Fsp3) is 0.707. The third-order valence-corrected chi connectivity index (χ3v) is 8.34. The molecule has 0 aliphatic carbocycles. The summed E-state index contributed by atoms with van der Waals surface area (Å²) in [6, 6.07) is -1.38. The van der Waals surface area contributed by atoms with Crippen molar-refractivity contribution in [2.45, 2.75) is 174 Å². The van der Waals surface area contributed by atoms with Gasteiger partial charge in [0.25, 0.3) is 0 Å². The lowest BCUT2D eigenvalue weighted by molar-refractivity contribution is -0.150. The first-order valence-electron chi connectivity index (χ1n) is 19.5. The van der Waals surface area contributed by atoms with Gasteiger partial charge in [0.1, 0.15) is 12.1 Å². The predicted octanol–water partition coefficient (Wildman–Crippen LogP) is 8.81. The molecule has 0 radical (unpaired) electrons. The molecule has 2 atom stereocenters. The zero-order chi connectivity index (χ0) is 36.9. The number of nitrogens with one attached hydrogen (secondary N) is 2. The summed E-state index contributed by atoms with van der Waals surface area (Å²) in [6.45, 7) is 3.33. The standard InChI is InChI=1S/C41H70N2O7/c1-3-5-7-9-11-12-13-14-15-16-17-18-20-25-29-33-40(47)50-36(30-26-22-19-10-8-6-4-2)31-27-23-21-24-28-32-38(45)42-34-39(46)43-37(35-44)41(48)49/h5,7,11-12,14-15,17-18,36-37,44H,3-4,6,8-10,13,16,19-35H2,1-2H3,(H,42,45)(H,43,46)(H,48,49)/b7-5-,12-11-,15-14-,18-17-. The van der Waals surface area contributed by atoms with E-state index in [1.54, 1.807) is 0 Å². The Hall–Kier alpha value is -3.20. The number of unbranched alkanes of at least 4 members (excludes halogenated alkanes) is 12. The van der Waals surface area contributed by atoms with Gasteiger partial charge < -0.3 is 25.6 Å². The lowest BCUT2D eigenvalue weighted by atomic mass is 10.0. The second-order valence-electron chi connectivity index (χ2n) is 13.0. The first-order valence-corrected chi connectivity index (χ1v) is 19.5. The molecule has 0 bridgehead atoms. The van der Waals surface area contributed by atoms with Crippen LogP contribution in [0.3, 0.4) is 0 Å². The Balaban J connectivity index is 4.28. The summed E-state index contributed by atoms with van der Waals surface area (Å²) in [7, 11) is 0. The van der Waals surface area contributed by atoms with Crippen molar-refractivity contribution < 1.29 is 34.1 Å². The summed E-state index contributed by atoms with van der Waals surface area (Å²) in [5.41, 5.74) is 0. The van der Waals surface area contributed by atoms with E-state index in [9.17, 15) is 19.2 Å². The van der Waals surface area contributed by atoms with E-state index in [0.29, 0.717) is 12.8 Å². The maximum atomic E-state index is 12.7. The third kappa shape index (κ3) is 32.0. The highest BCUT2D eigenvalue weighted by molar-refractivity contribution is 5.87. The van der Waals surface area contributed by atoms with Crippen LogP contribution in [0.2, 0.25) is 0 Å². The van der Waals surface area contributed by atoms with Crippen LogP contribution in [0.25, 0.3) is 0 Å². The number of allylic oxidation sites excluding steroid dienone is 8. The van der Waals surface area contributed by atoms with E-state index in [0.717, 1.165) is 89.9 Å². The van der Waals surface area contributed by atoms with E-state index in [4.69, 9.17) is 14.9 Å². The van der Waals surface area contributed by atoms with Crippen molar-refractivity contribution in [1.29, 1.82) is 0 Å². The molecule has 9 heteroatoms. The smallest absolute Gasteiger partial charge is 0.328 e. The monoisotopic (exact) mass is 703 g/mol. The van der Waals surface area contributed by atoms with Gasteiger partial charge >= 0.3 is 11.9 Å². The Labute approximate surface area is 303 Å². The summed E-state index contributed by atoms with van der Waals surface area (Å²) in [6.07, 6.45) is 40.0. The quantitative estimate of drug-likeness (QED) is 0.0298. The number of rotatable bonds is 34. The molecular weight excluding hydrogens is 632 g/mol. The summed E-state index contributed by atoms with van der Waals surface area (Å²) in [4.78, 5) is 47.3. The molecule has 9 nitrogen and oxygen atoms in total. The number of hydrogen-bond acceptors (Lipinski definition) is 6. The van der Waals surface area contributed by atoms with E-state index in [2.05, 4.69) is 73.1 Å². The van der Waals surface area contributed by atoms with Gasteiger partial charge in [0.15, 0.2) is 0 Å². The number of aliphatic hydroxyl groups excluding tert-OH is 1. The van der Waals surface area contributed by atoms with E-state index in [1.165, 1.54) is 38.5 Å². The molecular formula is C41H70N2O7. The third-order valence-electron chi connectivity index (χ3n) is 8.34. The summed E-state index contributed by atoms with van der Waals surface area (Å²) in [5.74, 6) is -2.35. The van der Waals surface area contributed by atoms with Crippen molar-refractivity contribution in [3.63, 3.8) is 0 Å². The van der Waals surface area contributed by atoms with Crippen LogP contribution in [0.4, 0.5) is 0 Å². The minimum absolute atomic E-state index is 0.0315. The zero-order valence-corrected chi connectivity index (χ0v) is 31.4. The van der Waals surface area contributed by atoms with E-state index in [-0.39, 0.29) is 30.9 Å². The summed E-state index contributed by atoms with van der Waals surface area (Å²) in [5, 5.41) is 22.5. The maximum Gasteiger partial charge on any atom is 0.328 e. The van der Waals surface area contributed by atoms with Gasteiger partial charge in [0, 0.05) is 12.8 Å². The van der Waals surface area contributed by atoms with Crippen LogP contribution in [0.1, 0.15) is 162 Å². The number of carbonyl (C=O) groups is 4. The normalized spacial score (nSPS) is 13.0. The number of carboxylic acids is 1. The first kappa shape index (κ1) is 46.8. The van der Waals surface area contributed by atoms with Crippen LogP contribution in [-0.4, -0.2) is 59.3 Å². The minimum Gasteiger partial charge on any atom is -0.480 e. The number of aliphatic carboxylic acids is 1. The van der Waals surface area contributed by atoms with Crippen molar-refractivity contribution in [1.82, 2.24) is 10.6 Å². The van der Waals surface area contributed by atoms with Gasteiger partial charge in [-0.2, -0.15) is 0 Å². The van der Waals surface area contributed by atoms with Crippen molar-refractivity contribution in [3.05, 3.63) is 48.6 Å². The van der Waals surface area contributed by atoms with E-state index >= 15 is 0 Å². The highest BCUT2D eigenvalue weighted by Gasteiger charge is 2.19. The Morgan fingerprint density at radius 1 is 0.620 bits per heavy atom. The number of carboxylic acid groups (broad SMARTS) is 1. The van der Waals surface area contributed by atoms with Gasteiger partial charge in [0.2, 0.25) is 11.8 Å². The number of amides is 2. The van der Waals surface area contributed by atoms with Crippen molar-refractivity contribution in [2.75, 3.05) is 13.2 Å². The predicted molar refractivity (Wildman–Crippen MR) is 204 cm³/mol. The summed E-state index contributed by atoms with van der Waals surface area (Å²) >= 11 is 0. The van der Waals surface area contributed by atoms with Crippen LogP contribution in [0.5, 0.6) is 0 Å². The molecule has 0 aliphatic rings. The molecule has 2 amide bonds. The van der Waals surface area contributed by atoms with Gasteiger partial charge in [-0.3, -0.25) is 14.4 Å². The largest absolute Gasteiger partial charge is 0.480 e. The fourth-order valence-electron chi connectivity index (χ4n) is 5.35. The molecule has 0 rings (SSSR count). The molecule has 286 valence electrons. The Morgan fingerprint density at radius 2 is 1.14 bits per heavy atom. The average Bonchev–Trinajstić information content (AvgIpc) is 3.10. The lowest BCUT2D eigenvalue weighted by Crippen LogP contribution is -2.47. The van der Waals surface area contributed by atoms with Crippen LogP contribution >= 0.6 is 0 Å². The van der Waals surface area contributed by atoms with Gasteiger partial charge in [0.05, 0.1) is 13.2 Å². The van der Waals surface area contributed by atoms with Gasteiger partial charge in [-0.1, -0.05) is 120 Å². The molecule has 0 fully saturated rings. The molecule has 0 aromatic carbocycles. The van der Waals surface area contributed by atoms with Gasteiger partial charge in [-0.05, 0) is 77.0 Å². The van der Waals surface area contributed by atoms with Crippen molar-refractivity contribution >= 4 is 23.8 Å². The molecule has 0 saturated heterocycles. The molecule has 0 aliphatic heterocycles. The molecule has 0 spiro atoms. The van der Waals surface area contributed by atoms with Crippen LogP contribution < -0.4 is 10.6 Å². The lowest BCUT2D eigenvalue weighted by Gasteiger charge is -2.18. The topological polar surface area (TPSA) is 142 Å². The number of aliphatic hydroxyl groups is 1. The van der Waals surface area contributed by atoms with Crippen LogP contribution in [0, 0.1) is 0 Å². The molecule has 4 N–H and O–H groups in total. The number of ether oxygens (including phenoxy) is 1. The number of carbonyl (C=O) groups excluding carboxylic acids is 3.